The molecule has 0 saturated heterocycles. The van der Waals surface area contributed by atoms with E-state index in [1.54, 1.807) is 24.3 Å². The Morgan fingerprint density at radius 1 is 1.00 bits per heavy atom. The maximum atomic E-state index is 13.5. The second-order valence-corrected chi connectivity index (χ2v) is 10.4. The molecule has 0 aromatic heterocycles. The van der Waals surface area contributed by atoms with Crippen molar-refractivity contribution in [2.75, 3.05) is 11.9 Å². The predicted octanol–water partition coefficient (Wildman–Crippen LogP) is 6.09. The number of halogens is 6. The number of hydrogen-bond donors (Lipinski definition) is 1. The van der Waals surface area contributed by atoms with Crippen LogP contribution in [0, 0.1) is 5.82 Å². The van der Waals surface area contributed by atoms with Crippen LogP contribution in [0.25, 0.3) is 0 Å². The van der Waals surface area contributed by atoms with Gasteiger partial charge in [0.1, 0.15) is 5.82 Å². The van der Waals surface area contributed by atoms with E-state index in [1.807, 2.05) is 0 Å². The van der Waals surface area contributed by atoms with Crippen molar-refractivity contribution in [1.29, 1.82) is 0 Å². The first kappa shape index (κ1) is 26.1. The molecule has 3 aromatic carbocycles. The van der Waals surface area contributed by atoms with Crippen LogP contribution in [0.2, 0.25) is 5.02 Å². The summed E-state index contributed by atoms with van der Waals surface area (Å²) in [6, 6.07) is 14.0. The standard InChI is InChI=1S/C22H16BrClF4N2O3S/c23-15-3-8-18(9-4-15)34(32,33)30(12-14-1-5-16(24)6-2-14)13-21(31)29-17-7-10-20(25)19(11-17)22(26,27)28/h1-11H,12-13H2,(H,29,31). The Morgan fingerprint density at radius 2 is 1.62 bits per heavy atom. The van der Waals surface area contributed by atoms with Crippen LogP contribution in [-0.4, -0.2) is 25.2 Å². The second-order valence-electron chi connectivity index (χ2n) is 7.09. The van der Waals surface area contributed by atoms with Crippen LogP contribution in [0.5, 0.6) is 0 Å². The fourth-order valence-corrected chi connectivity index (χ4v) is 4.73. The average Bonchev–Trinajstić information content (AvgIpc) is 2.75. The number of nitrogens with zero attached hydrogens (tertiary/aromatic N) is 1. The quantitative estimate of drug-likeness (QED) is 0.345. The van der Waals surface area contributed by atoms with Gasteiger partial charge >= 0.3 is 6.18 Å². The number of anilines is 1. The zero-order valence-electron chi connectivity index (χ0n) is 17.1. The minimum atomic E-state index is -4.96. The number of sulfonamides is 1. The molecule has 1 amide bonds. The highest BCUT2D eigenvalue weighted by Crippen LogP contribution is 2.33. The largest absolute Gasteiger partial charge is 0.419 e. The van der Waals surface area contributed by atoms with Crippen molar-refractivity contribution in [3.8, 4) is 0 Å². The Bertz CT molecular complexity index is 1280. The number of carbonyl (C=O) groups is 1. The minimum Gasteiger partial charge on any atom is -0.325 e. The van der Waals surface area contributed by atoms with E-state index in [2.05, 4.69) is 21.2 Å². The maximum absolute atomic E-state index is 13.5. The molecule has 0 bridgehead atoms. The Kier molecular flexibility index (Phi) is 8.02. The molecule has 0 fully saturated rings. The first-order valence-electron chi connectivity index (χ1n) is 9.53. The van der Waals surface area contributed by atoms with Crippen LogP contribution in [-0.2, 0) is 27.5 Å². The molecule has 3 aromatic rings. The maximum Gasteiger partial charge on any atom is 0.419 e. The number of amides is 1. The summed E-state index contributed by atoms with van der Waals surface area (Å²) in [6.45, 7) is -0.917. The van der Waals surface area contributed by atoms with Crippen LogP contribution >= 0.6 is 27.5 Å². The molecule has 0 spiro atoms. The highest BCUT2D eigenvalue weighted by atomic mass is 79.9. The molecule has 12 heteroatoms. The molecule has 0 aliphatic carbocycles. The molecule has 34 heavy (non-hydrogen) atoms. The second kappa shape index (κ2) is 10.4. The van der Waals surface area contributed by atoms with Crippen molar-refractivity contribution in [2.24, 2.45) is 0 Å². The van der Waals surface area contributed by atoms with Crippen molar-refractivity contribution in [3.63, 3.8) is 0 Å². The predicted molar refractivity (Wildman–Crippen MR) is 123 cm³/mol. The third-order valence-electron chi connectivity index (χ3n) is 4.60. The Hall–Kier alpha value is -2.47. The number of carbonyl (C=O) groups excluding carboxylic acids is 1. The molecule has 5 nitrogen and oxygen atoms in total. The average molecular weight is 580 g/mol. The fraction of sp³-hybridized carbons (Fsp3) is 0.136. The third-order valence-corrected chi connectivity index (χ3v) is 7.19. The van der Waals surface area contributed by atoms with Gasteiger partial charge in [0.25, 0.3) is 0 Å². The van der Waals surface area contributed by atoms with Crippen LogP contribution in [0.1, 0.15) is 11.1 Å². The lowest BCUT2D eigenvalue weighted by molar-refractivity contribution is -0.140. The molecule has 1 N–H and O–H groups in total. The summed E-state index contributed by atoms with van der Waals surface area (Å²) >= 11 is 9.09. The lowest BCUT2D eigenvalue weighted by Crippen LogP contribution is -2.37. The van der Waals surface area contributed by atoms with Gasteiger partial charge in [0.05, 0.1) is 17.0 Å². The molecule has 3 rings (SSSR count). The molecule has 180 valence electrons. The lowest BCUT2D eigenvalue weighted by Gasteiger charge is -2.22. The van der Waals surface area contributed by atoms with Gasteiger partial charge in [-0.15, -0.1) is 0 Å². The monoisotopic (exact) mass is 578 g/mol. The summed E-state index contributed by atoms with van der Waals surface area (Å²) in [6.07, 6.45) is -4.96. The van der Waals surface area contributed by atoms with Crippen molar-refractivity contribution in [3.05, 3.63) is 93.2 Å². The van der Waals surface area contributed by atoms with E-state index < -0.39 is 40.0 Å². The van der Waals surface area contributed by atoms with Gasteiger partial charge in [-0.2, -0.15) is 17.5 Å². The number of alkyl halides is 3. The van der Waals surface area contributed by atoms with Gasteiger partial charge in [-0.05, 0) is 60.2 Å². The van der Waals surface area contributed by atoms with Gasteiger partial charge in [0, 0.05) is 21.7 Å². The number of benzene rings is 3. The van der Waals surface area contributed by atoms with Gasteiger partial charge in [0.15, 0.2) is 0 Å². The normalized spacial score (nSPS) is 12.1. The fourth-order valence-electron chi connectivity index (χ4n) is 2.96. The molecule has 0 heterocycles. The van der Waals surface area contributed by atoms with Gasteiger partial charge in [-0.25, -0.2) is 12.8 Å². The summed E-state index contributed by atoms with van der Waals surface area (Å²) in [5.41, 5.74) is -1.35. The van der Waals surface area contributed by atoms with E-state index in [1.165, 1.54) is 24.3 Å². The zero-order chi connectivity index (χ0) is 25.1. The molecule has 0 aliphatic rings. The van der Waals surface area contributed by atoms with E-state index >= 15 is 0 Å². The Morgan fingerprint density at radius 3 is 2.21 bits per heavy atom. The van der Waals surface area contributed by atoms with E-state index in [0.717, 1.165) is 10.4 Å². The third kappa shape index (κ3) is 6.56. The molecule has 0 atom stereocenters. The highest BCUT2D eigenvalue weighted by molar-refractivity contribution is 9.10. The van der Waals surface area contributed by atoms with Gasteiger partial charge in [0.2, 0.25) is 15.9 Å². The Balaban J connectivity index is 1.88. The van der Waals surface area contributed by atoms with Gasteiger partial charge < -0.3 is 5.32 Å². The summed E-state index contributed by atoms with van der Waals surface area (Å²) in [4.78, 5) is 12.5. The summed E-state index contributed by atoms with van der Waals surface area (Å²) < 4.78 is 80.4. The van der Waals surface area contributed by atoms with E-state index in [0.29, 0.717) is 27.2 Å². The number of hydrogen-bond acceptors (Lipinski definition) is 3. The molecular weight excluding hydrogens is 564 g/mol. The molecule has 0 saturated carbocycles. The first-order valence-corrected chi connectivity index (χ1v) is 12.1. The van der Waals surface area contributed by atoms with Crippen molar-refractivity contribution in [1.82, 2.24) is 4.31 Å². The Labute approximate surface area is 206 Å². The van der Waals surface area contributed by atoms with E-state index in [4.69, 9.17) is 11.6 Å². The SMILES string of the molecule is O=C(CN(Cc1ccc(Cl)cc1)S(=O)(=O)c1ccc(Br)cc1)Nc1ccc(F)c(C(F)(F)F)c1. The van der Waals surface area contributed by atoms with Crippen molar-refractivity contribution < 1.29 is 30.8 Å². The summed E-state index contributed by atoms with van der Waals surface area (Å²) in [5.74, 6) is -2.40. The summed E-state index contributed by atoms with van der Waals surface area (Å²) in [5, 5.41) is 2.63. The lowest BCUT2D eigenvalue weighted by atomic mass is 10.2. The van der Waals surface area contributed by atoms with Crippen LogP contribution in [0.3, 0.4) is 0 Å². The number of rotatable bonds is 7. The van der Waals surface area contributed by atoms with Crippen LogP contribution < -0.4 is 5.32 Å². The first-order chi connectivity index (χ1) is 15.9. The van der Waals surface area contributed by atoms with E-state index in [9.17, 15) is 30.8 Å². The molecular formula is C22H16BrClF4N2O3S. The molecule has 0 unspecified atom stereocenters. The smallest absolute Gasteiger partial charge is 0.325 e. The van der Waals surface area contributed by atoms with Crippen molar-refractivity contribution in [2.45, 2.75) is 17.6 Å². The minimum absolute atomic E-state index is 0.0846. The van der Waals surface area contributed by atoms with Gasteiger partial charge in [-0.1, -0.05) is 39.7 Å². The van der Waals surface area contributed by atoms with Crippen molar-refractivity contribution >= 4 is 49.1 Å². The van der Waals surface area contributed by atoms with Crippen LogP contribution in [0.15, 0.2) is 76.1 Å². The topological polar surface area (TPSA) is 66.5 Å². The highest BCUT2D eigenvalue weighted by Gasteiger charge is 2.34. The van der Waals surface area contributed by atoms with Gasteiger partial charge in [-0.3, -0.25) is 4.79 Å². The summed E-state index contributed by atoms with van der Waals surface area (Å²) in [7, 11) is -4.17. The number of nitrogens with one attached hydrogen (secondary N) is 1. The van der Waals surface area contributed by atoms with Crippen LogP contribution in [0.4, 0.5) is 23.2 Å². The molecule has 0 aliphatic heterocycles. The molecule has 0 radical (unpaired) electrons. The van der Waals surface area contributed by atoms with E-state index in [-0.39, 0.29) is 17.1 Å². The zero-order valence-corrected chi connectivity index (χ0v) is 20.3.